The van der Waals surface area contributed by atoms with E-state index in [1.54, 1.807) is 13.0 Å². The maximum Gasteiger partial charge on any atom is 0.265 e. The zero-order valence-corrected chi connectivity index (χ0v) is 11.8. The van der Waals surface area contributed by atoms with Crippen molar-refractivity contribution < 1.29 is 9.59 Å². The van der Waals surface area contributed by atoms with E-state index in [4.69, 9.17) is 12.2 Å². The van der Waals surface area contributed by atoms with Gasteiger partial charge in [-0.3, -0.25) is 19.8 Å². The van der Waals surface area contributed by atoms with Crippen LogP contribution in [0.25, 0.3) is 6.08 Å². The standard InChI is InChI=1S/C15H14N2O2S/c1-2-17-14(19)12(13(18)16-15(17)20)10-6-9-11-7-4-3-5-8-11/h3-10H,2H2,1H3,(H,16,18,20)/b9-6+,12-10-. The molecule has 1 aromatic carbocycles. The maximum atomic E-state index is 12.1. The van der Waals surface area contributed by atoms with Gasteiger partial charge in [-0.2, -0.15) is 0 Å². The molecule has 5 heteroatoms. The van der Waals surface area contributed by atoms with Crippen molar-refractivity contribution in [1.82, 2.24) is 10.2 Å². The zero-order chi connectivity index (χ0) is 14.5. The molecule has 0 saturated carbocycles. The van der Waals surface area contributed by atoms with Crippen molar-refractivity contribution in [1.29, 1.82) is 0 Å². The van der Waals surface area contributed by atoms with Gasteiger partial charge >= 0.3 is 0 Å². The molecular formula is C15H14N2O2S. The zero-order valence-electron chi connectivity index (χ0n) is 11.0. The summed E-state index contributed by atoms with van der Waals surface area (Å²) in [6, 6.07) is 9.63. The summed E-state index contributed by atoms with van der Waals surface area (Å²) in [4.78, 5) is 25.2. The van der Waals surface area contributed by atoms with Crippen molar-refractivity contribution in [2.24, 2.45) is 0 Å². The lowest BCUT2D eigenvalue weighted by atomic mass is 10.1. The smallest absolute Gasteiger partial charge is 0.265 e. The molecule has 2 amide bonds. The molecule has 0 aromatic heterocycles. The van der Waals surface area contributed by atoms with E-state index in [9.17, 15) is 9.59 Å². The average molecular weight is 286 g/mol. The summed E-state index contributed by atoms with van der Waals surface area (Å²) >= 11 is 4.95. The lowest BCUT2D eigenvalue weighted by Crippen LogP contribution is -2.53. The Hall–Kier alpha value is -2.27. The normalized spacial score (nSPS) is 17.9. The molecule has 0 unspecified atom stereocenters. The second-order valence-corrected chi connectivity index (χ2v) is 4.55. The molecule has 4 nitrogen and oxygen atoms in total. The fourth-order valence-corrected chi connectivity index (χ4v) is 2.13. The van der Waals surface area contributed by atoms with Crippen LogP contribution in [-0.4, -0.2) is 28.4 Å². The van der Waals surface area contributed by atoms with Gasteiger partial charge in [0.25, 0.3) is 11.8 Å². The van der Waals surface area contributed by atoms with Crippen molar-refractivity contribution in [2.45, 2.75) is 6.92 Å². The van der Waals surface area contributed by atoms with Gasteiger partial charge in [0.15, 0.2) is 5.11 Å². The van der Waals surface area contributed by atoms with Crippen molar-refractivity contribution in [2.75, 3.05) is 6.54 Å². The Bertz CT molecular complexity index is 606. The van der Waals surface area contributed by atoms with Crippen molar-refractivity contribution >= 4 is 35.2 Å². The fourth-order valence-electron chi connectivity index (χ4n) is 1.82. The van der Waals surface area contributed by atoms with Gasteiger partial charge in [-0.1, -0.05) is 42.5 Å². The lowest BCUT2D eigenvalue weighted by molar-refractivity contribution is -0.128. The third-order valence-corrected chi connectivity index (χ3v) is 3.18. The number of rotatable bonds is 3. The number of nitrogens with zero attached hydrogens (tertiary/aromatic N) is 1. The van der Waals surface area contributed by atoms with Crippen LogP contribution in [0.1, 0.15) is 12.5 Å². The molecule has 2 rings (SSSR count). The maximum absolute atomic E-state index is 12.1. The first-order valence-corrected chi connectivity index (χ1v) is 6.65. The van der Waals surface area contributed by atoms with Crippen LogP contribution in [0.2, 0.25) is 0 Å². The topological polar surface area (TPSA) is 49.4 Å². The number of benzene rings is 1. The molecule has 0 aliphatic carbocycles. The van der Waals surface area contributed by atoms with Crippen LogP contribution in [0.5, 0.6) is 0 Å². The van der Waals surface area contributed by atoms with Crippen LogP contribution in [-0.2, 0) is 9.59 Å². The van der Waals surface area contributed by atoms with E-state index in [1.807, 2.05) is 36.4 Å². The van der Waals surface area contributed by atoms with Crippen molar-refractivity contribution in [3.05, 3.63) is 53.6 Å². The minimum Gasteiger partial charge on any atom is -0.298 e. The molecule has 0 radical (unpaired) electrons. The largest absolute Gasteiger partial charge is 0.298 e. The van der Waals surface area contributed by atoms with E-state index in [0.717, 1.165) is 5.56 Å². The van der Waals surface area contributed by atoms with E-state index in [0.29, 0.717) is 6.54 Å². The third kappa shape index (κ3) is 3.00. The minimum absolute atomic E-state index is 0.0904. The molecular weight excluding hydrogens is 272 g/mol. The Kier molecular flexibility index (Phi) is 4.42. The van der Waals surface area contributed by atoms with E-state index in [-0.39, 0.29) is 16.6 Å². The predicted octanol–water partition coefficient (Wildman–Crippen LogP) is 1.89. The molecule has 102 valence electrons. The van der Waals surface area contributed by atoms with Gasteiger partial charge in [-0.15, -0.1) is 0 Å². The summed E-state index contributed by atoms with van der Waals surface area (Å²) in [5, 5.41) is 2.66. The van der Waals surface area contributed by atoms with Crippen LogP contribution >= 0.6 is 12.2 Å². The predicted molar refractivity (Wildman–Crippen MR) is 81.7 cm³/mol. The number of likely N-dealkylation sites (N-methyl/N-ethyl adjacent to an activating group) is 1. The minimum atomic E-state index is -0.456. The van der Waals surface area contributed by atoms with Crippen LogP contribution in [0.3, 0.4) is 0 Å². The number of thiocarbonyl (C=S) groups is 1. The number of carbonyl (C=O) groups is 2. The highest BCUT2D eigenvalue weighted by Gasteiger charge is 2.31. The highest BCUT2D eigenvalue weighted by Crippen LogP contribution is 2.10. The molecule has 1 saturated heterocycles. The first-order valence-electron chi connectivity index (χ1n) is 6.24. The van der Waals surface area contributed by atoms with E-state index in [2.05, 4.69) is 5.32 Å². The average Bonchev–Trinajstić information content (AvgIpc) is 2.44. The van der Waals surface area contributed by atoms with Crippen LogP contribution in [0.15, 0.2) is 48.1 Å². The summed E-state index contributed by atoms with van der Waals surface area (Å²) in [7, 11) is 0. The molecule has 0 spiro atoms. The van der Waals surface area contributed by atoms with Gasteiger partial charge < -0.3 is 0 Å². The summed E-state index contributed by atoms with van der Waals surface area (Å²) in [5.41, 5.74) is 1.09. The number of hydrogen-bond acceptors (Lipinski definition) is 3. The van der Waals surface area contributed by atoms with Crippen LogP contribution < -0.4 is 5.32 Å². The van der Waals surface area contributed by atoms with Gasteiger partial charge in [-0.05, 0) is 30.8 Å². The molecule has 1 fully saturated rings. The van der Waals surface area contributed by atoms with Crippen LogP contribution in [0.4, 0.5) is 0 Å². The Morgan fingerprint density at radius 1 is 1.25 bits per heavy atom. The summed E-state index contributed by atoms with van der Waals surface area (Å²) in [5.74, 6) is -0.818. The van der Waals surface area contributed by atoms with E-state index in [1.165, 1.54) is 11.0 Å². The summed E-state index contributed by atoms with van der Waals surface area (Å²) in [6.45, 7) is 2.23. The molecule has 0 atom stereocenters. The van der Waals surface area contributed by atoms with Gasteiger partial charge in [0.05, 0.1) is 0 Å². The van der Waals surface area contributed by atoms with Gasteiger partial charge in [-0.25, -0.2) is 0 Å². The molecule has 1 aliphatic heterocycles. The Balaban J connectivity index is 2.20. The molecule has 1 aliphatic rings. The number of nitrogens with one attached hydrogen (secondary N) is 1. The second-order valence-electron chi connectivity index (χ2n) is 4.16. The quantitative estimate of drug-likeness (QED) is 0.524. The summed E-state index contributed by atoms with van der Waals surface area (Å²) < 4.78 is 0. The third-order valence-electron chi connectivity index (χ3n) is 2.85. The lowest BCUT2D eigenvalue weighted by Gasteiger charge is -2.27. The molecule has 0 bridgehead atoms. The van der Waals surface area contributed by atoms with Gasteiger partial charge in [0, 0.05) is 6.54 Å². The van der Waals surface area contributed by atoms with Gasteiger partial charge in [0.1, 0.15) is 5.57 Å². The summed E-state index contributed by atoms with van der Waals surface area (Å²) in [6.07, 6.45) is 5.02. The molecule has 1 N–H and O–H groups in total. The van der Waals surface area contributed by atoms with Gasteiger partial charge in [0.2, 0.25) is 0 Å². The number of amides is 2. The SMILES string of the molecule is CCN1C(=O)/C(=C\C=C\c2ccccc2)C(=O)NC1=S. The van der Waals surface area contributed by atoms with E-state index < -0.39 is 5.91 Å². The Morgan fingerprint density at radius 3 is 2.60 bits per heavy atom. The molecule has 1 heterocycles. The number of hydrogen-bond donors (Lipinski definition) is 1. The number of allylic oxidation sites excluding steroid dienone is 2. The first-order chi connectivity index (χ1) is 9.63. The highest BCUT2D eigenvalue weighted by atomic mass is 32.1. The Morgan fingerprint density at radius 2 is 1.95 bits per heavy atom. The van der Waals surface area contributed by atoms with Crippen molar-refractivity contribution in [3.63, 3.8) is 0 Å². The number of carbonyl (C=O) groups excluding carboxylic acids is 2. The Labute approximate surface area is 122 Å². The fraction of sp³-hybridized carbons (Fsp3) is 0.133. The van der Waals surface area contributed by atoms with Crippen molar-refractivity contribution in [3.8, 4) is 0 Å². The van der Waals surface area contributed by atoms with Crippen LogP contribution in [0, 0.1) is 0 Å². The van der Waals surface area contributed by atoms with E-state index >= 15 is 0 Å². The molecule has 1 aromatic rings. The monoisotopic (exact) mass is 286 g/mol. The first kappa shape index (κ1) is 14.1. The molecule has 20 heavy (non-hydrogen) atoms. The highest BCUT2D eigenvalue weighted by molar-refractivity contribution is 7.80. The second kappa shape index (κ2) is 6.25.